The maximum atomic E-state index is 3.57. The third kappa shape index (κ3) is 3.30. The van der Waals surface area contributed by atoms with E-state index in [1.165, 1.54) is 24.0 Å². The molecule has 0 amide bonds. The molecule has 0 aromatic heterocycles. The van der Waals surface area contributed by atoms with E-state index < -0.39 is 0 Å². The Balaban J connectivity index is 2.26. The van der Waals surface area contributed by atoms with Gasteiger partial charge in [-0.25, -0.2) is 0 Å². The first-order valence-corrected chi connectivity index (χ1v) is 6.87. The van der Waals surface area contributed by atoms with E-state index >= 15 is 0 Å². The van der Waals surface area contributed by atoms with Gasteiger partial charge in [-0.1, -0.05) is 73.1 Å². The zero-order valence-electron chi connectivity index (χ0n) is 9.97. The highest BCUT2D eigenvalue weighted by atomic mass is 28.1. The topological polar surface area (TPSA) is 0 Å². The Morgan fingerprint density at radius 1 is 0.765 bits per heavy atom. The van der Waals surface area contributed by atoms with E-state index in [2.05, 4.69) is 70.9 Å². The van der Waals surface area contributed by atoms with Crippen LogP contribution in [0.3, 0.4) is 0 Å². The number of hydrogen-bond donors (Lipinski definition) is 0. The minimum atomic E-state index is 0.522. The molecule has 2 aromatic carbocycles. The van der Waals surface area contributed by atoms with Crippen molar-refractivity contribution in [3.8, 4) is 0 Å². The monoisotopic (exact) mass is 237 g/mol. The summed E-state index contributed by atoms with van der Waals surface area (Å²) in [5.41, 5.74) is 2.83. The van der Waals surface area contributed by atoms with E-state index in [4.69, 9.17) is 0 Å². The van der Waals surface area contributed by atoms with Crippen LogP contribution in [0.25, 0.3) is 0 Å². The average Bonchev–Trinajstić information content (AvgIpc) is 2.42. The molecule has 2 aromatic rings. The molecule has 0 atom stereocenters. The lowest BCUT2D eigenvalue weighted by Gasteiger charge is -2.17. The van der Waals surface area contributed by atoms with Crippen LogP contribution in [0.4, 0.5) is 0 Å². The first-order valence-electron chi connectivity index (χ1n) is 6.16. The molecule has 1 heteroatoms. The fourth-order valence-corrected chi connectivity index (χ4v) is 2.41. The van der Waals surface area contributed by atoms with Gasteiger partial charge in [-0.05, 0) is 17.5 Å². The highest BCUT2D eigenvalue weighted by molar-refractivity contribution is 6.08. The largest absolute Gasteiger partial charge is 0.0637 e. The Hall–Kier alpha value is -1.34. The zero-order valence-corrected chi connectivity index (χ0v) is 11.0. The van der Waals surface area contributed by atoms with E-state index in [1.54, 1.807) is 0 Å². The second-order valence-electron chi connectivity index (χ2n) is 4.27. The molecule has 0 heterocycles. The van der Waals surface area contributed by atoms with E-state index in [9.17, 15) is 0 Å². The second-order valence-corrected chi connectivity index (χ2v) is 4.77. The van der Waals surface area contributed by atoms with Crippen molar-refractivity contribution in [3.63, 3.8) is 0 Å². The van der Waals surface area contributed by atoms with Gasteiger partial charge in [0.15, 0.2) is 0 Å². The fraction of sp³-hybridized carbons (Fsp3) is 0.250. The number of rotatable bonds is 5. The van der Waals surface area contributed by atoms with Gasteiger partial charge in [0.05, 0.1) is 0 Å². The van der Waals surface area contributed by atoms with E-state index in [1.807, 2.05) is 0 Å². The summed E-state index contributed by atoms with van der Waals surface area (Å²) in [4.78, 5) is 0. The molecule has 17 heavy (non-hydrogen) atoms. The maximum absolute atomic E-state index is 3.57. The fourth-order valence-electron chi connectivity index (χ4n) is 2.20. The van der Waals surface area contributed by atoms with Crippen molar-refractivity contribution in [3.05, 3.63) is 71.8 Å². The number of benzene rings is 2. The van der Waals surface area contributed by atoms with Gasteiger partial charge in [-0.2, -0.15) is 0 Å². The molecule has 0 N–H and O–H groups in total. The molecular weight excluding hydrogens is 220 g/mol. The van der Waals surface area contributed by atoms with Crippen molar-refractivity contribution >= 4 is 10.2 Å². The molecule has 0 saturated carbocycles. The standard InChI is InChI=1S/C16H17Si/c17-13-7-12-16(14-8-3-1-4-9-14)15-10-5-2-6-11-15/h1-6,8-11,16H,7,12-13H2. The molecule has 0 aliphatic carbocycles. The number of hydrogen-bond acceptors (Lipinski definition) is 0. The molecule has 85 valence electrons. The predicted molar refractivity (Wildman–Crippen MR) is 74.5 cm³/mol. The highest BCUT2D eigenvalue weighted by Gasteiger charge is 2.12. The van der Waals surface area contributed by atoms with Crippen LogP contribution in [0.1, 0.15) is 29.9 Å². The molecule has 0 unspecified atom stereocenters. The van der Waals surface area contributed by atoms with Gasteiger partial charge in [0.25, 0.3) is 0 Å². The van der Waals surface area contributed by atoms with Gasteiger partial charge in [-0.15, -0.1) is 0 Å². The smallest absolute Gasteiger partial charge is 0.0222 e. The molecule has 0 aliphatic rings. The van der Waals surface area contributed by atoms with Crippen molar-refractivity contribution in [2.24, 2.45) is 0 Å². The molecule has 0 saturated heterocycles. The lowest BCUT2D eigenvalue weighted by Crippen LogP contribution is -2.00. The lowest BCUT2D eigenvalue weighted by molar-refractivity contribution is 0.698. The molecule has 2 rings (SSSR count). The van der Waals surface area contributed by atoms with Crippen molar-refractivity contribution in [1.29, 1.82) is 0 Å². The molecule has 0 spiro atoms. The van der Waals surface area contributed by atoms with Crippen LogP contribution in [0.5, 0.6) is 0 Å². The van der Waals surface area contributed by atoms with Crippen LogP contribution in [0.2, 0.25) is 6.04 Å². The van der Waals surface area contributed by atoms with Crippen LogP contribution in [0.15, 0.2) is 60.7 Å². The van der Waals surface area contributed by atoms with Crippen molar-refractivity contribution in [1.82, 2.24) is 0 Å². The van der Waals surface area contributed by atoms with Crippen LogP contribution in [-0.2, 0) is 0 Å². The highest BCUT2D eigenvalue weighted by Crippen LogP contribution is 2.29. The quantitative estimate of drug-likeness (QED) is 0.684. The average molecular weight is 237 g/mol. The van der Waals surface area contributed by atoms with Gasteiger partial charge in [-0.3, -0.25) is 0 Å². The van der Waals surface area contributed by atoms with Crippen LogP contribution in [0, 0.1) is 0 Å². The predicted octanol–water partition coefficient (Wildman–Crippen LogP) is 4.19. The van der Waals surface area contributed by atoms with Crippen molar-refractivity contribution in [2.45, 2.75) is 24.8 Å². The summed E-state index contributed by atoms with van der Waals surface area (Å²) in [5, 5.41) is 0. The summed E-state index contributed by atoms with van der Waals surface area (Å²) in [5.74, 6) is 0.522. The summed E-state index contributed by atoms with van der Waals surface area (Å²) in [7, 11) is 3.57. The first-order chi connectivity index (χ1) is 8.42. The Labute approximate surface area is 107 Å². The normalized spacial score (nSPS) is 10.7. The summed E-state index contributed by atoms with van der Waals surface area (Å²) >= 11 is 0. The Morgan fingerprint density at radius 3 is 1.65 bits per heavy atom. The Morgan fingerprint density at radius 2 is 1.24 bits per heavy atom. The SMILES string of the molecule is [Si]CCCC(c1ccccc1)c1ccccc1. The van der Waals surface area contributed by atoms with Crippen molar-refractivity contribution in [2.75, 3.05) is 0 Å². The van der Waals surface area contributed by atoms with Crippen LogP contribution >= 0.6 is 0 Å². The van der Waals surface area contributed by atoms with Crippen LogP contribution < -0.4 is 0 Å². The van der Waals surface area contributed by atoms with Gasteiger partial charge >= 0.3 is 0 Å². The van der Waals surface area contributed by atoms with Gasteiger partial charge in [0, 0.05) is 16.2 Å². The van der Waals surface area contributed by atoms with Crippen molar-refractivity contribution < 1.29 is 0 Å². The zero-order chi connectivity index (χ0) is 11.9. The minimum Gasteiger partial charge on any atom is -0.0637 e. The minimum absolute atomic E-state index is 0.522. The maximum Gasteiger partial charge on any atom is 0.0222 e. The molecule has 0 bridgehead atoms. The molecule has 0 fully saturated rings. The van der Waals surface area contributed by atoms with Gasteiger partial charge in [0.1, 0.15) is 0 Å². The Bertz CT molecular complexity index is 382. The summed E-state index contributed by atoms with van der Waals surface area (Å²) in [6.07, 6.45) is 2.39. The second kappa shape index (κ2) is 6.41. The van der Waals surface area contributed by atoms with E-state index in [-0.39, 0.29) is 0 Å². The summed E-state index contributed by atoms with van der Waals surface area (Å²) in [6, 6.07) is 22.6. The lowest BCUT2D eigenvalue weighted by atomic mass is 9.88. The van der Waals surface area contributed by atoms with E-state index in [0.29, 0.717) is 5.92 Å². The summed E-state index contributed by atoms with van der Waals surface area (Å²) < 4.78 is 0. The molecule has 3 radical (unpaired) electrons. The van der Waals surface area contributed by atoms with Gasteiger partial charge in [0.2, 0.25) is 0 Å². The molecule has 0 aliphatic heterocycles. The Kier molecular flexibility index (Phi) is 4.57. The first kappa shape index (κ1) is 12.1. The van der Waals surface area contributed by atoms with E-state index in [0.717, 1.165) is 6.04 Å². The molecule has 0 nitrogen and oxygen atoms in total. The van der Waals surface area contributed by atoms with Gasteiger partial charge < -0.3 is 0 Å². The molecular formula is C16H17Si. The third-order valence-electron chi connectivity index (χ3n) is 3.07. The third-order valence-corrected chi connectivity index (χ3v) is 3.43. The van der Waals surface area contributed by atoms with Crippen LogP contribution in [-0.4, -0.2) is 10.2 Å². The summed E-state index contributed by atoms with van der Waals surface area (Å²) in [6.45, 7) is 0.